The van der Waals surface area contributed by atoms with E-state index in [4.69, 9.17) is 0 Å². The molecule has 0 N–H and O–H groups in total. The molecule has 0 spiro atoms. The molecule has 0 radical (unpaired) electrons. The summed E-state index contributed by atoms with van der Waals surface area (Å²) in [4.78, 5) is 0. The number of thiophene rings is 2. The lowest BCUT2D eigenvalue weighted by Gasteiger charge is -2.22. The molecule has 0 saturated carbocycles. The van der Waals surface area contributed by atoms with Gasteiger partial charge in [0.2, 0.25) is 0 Å². The molecule has 12 aromatic rings. The van der Waals surface area contributed by atoms with Crippen molar-refractivity contribution in [1.82, 2.24) is 9.13 Å². The fraction of sp³-hybridized carbons (Fsp3) is 0.0196. The van der Waals surface area contributed by atoms with Crippen molar-refractivity contribution in [2.75, 3.05) is 0 Å². The summed E-state index contributed by atoms with van der Waals surface area (Å²) >= 11 is 3.37. The van der Waals surface area contributed by atoms with Gasteiger partial charge in [0.25, 0.3) is 0 Å². The zero-order valence-electron chi connectivity index (χ0n) is 31.2. The van der Waals surface area contributed by atoms with Crippen LogP contribution in [0.4, 0.5) is 13.2 Å². The first-order valence-electron chi connectivity index (χ1n) is 19.2. The van der Waals surface area contributed by atoms with Crippen molar-refractivity contribution in [1.29, 1.82) is 10.5 Å². The molecule has 0 saturated heterocycles. The van der Waals surface area contributed by atoms with Gasteiger partial charge in [0.05, 0.1) is 62.3 Å². The maximum Gasteiger partial charge on any atom is 0.416 e. The molecule has 4 nitrogen and oxygen atoms in total. The molecule has 0 aliphatic carbocycles. The second-order valence-corrected chi connectivity index (χ2v) is 17.1. The number of rotatable bonds is 3. The smallest absolute Gasteiger partial charge is 0.308 e. The van der Waals surface area contributed by atoms with E-state index >= 15 is 0 Å². The van der Waals surface area contributed by atoms with Crippen molar-refractivity contribution < 1.29 is 13.2 Å². The highest BCUT2D eigenvalue weighted by molar-refractivity contribution is 7.26. The van der Waals surface area contributed by atoms with Crippen molar-refractivity contribution in [2.45, 2.75) is 6.18 Å². The minimum absolute atomic E-state index is 0.122. The van der Waals surface area contributed by atoms with Crippen molar-refractivity contribution in [3.63, 3.8) is 0 Å². The molecule has 0 unspecified atom stereocenters. The number of benzene rings is 8. The van der Waals surface area contributed by atoms with Gasteiger partial charge in [-0.15, -0.1) is 22.7 Å². The van der Waals surface area contributed by atoms with Gasteiger partial charge in [-0.1, -0.05) is 84.9 Å². The number of hydrogen-bond donors (Lipinski definition) is 0. The minimum atomic E-state index is -4.74. The quantitative estimate of drug-likeness (QED) is 0.178. The minimum Gasteiger partial charge on any atom is -0.308 e. The third kappa shape index (κ3) is 4.82. The van der Waals surface area contributed by atoms with Gasteiger partial charge in [-0.05, 0) is 72.3 Å². The molecular formula is C51H25F3N4S2. The average Bonchev–Trinajstić information content (AvgIpc) is 4.02. The van der Waals surface area contributed by atoms with E-state index in [1.165, 1.54) is 6.07 Å². The standard InChI is InChI=1S/C51H25F3N4S2/c52-51(53,54)31-22-28(26-55)21-30(25-31)46-40(57-38-13-5-1-9-32(38)34-17-19-44-47(49(34)57)36-11-3-7-15-42(36)59-44)23-29(27-56)24-41(46)58-39-14-6-2-10-33(39)35-18-20-45-48(50(35)58)37-12-4-8-16-43(37)60-45/h1-25H. The molecule has 12 rings (SSSR count). The van der Waals surface area contributed by atoms with Gasteiger partial charge >= 0.3 is 6.18 Å². The van der Waals surface area contributed by atoms with E-state index in [1.54, 1.807) is 34.8 Å². The Morgan fingerprint density at radius 2 is 0.900 bits per heavy atom. The highest BCUT2D eigenvalue weighted by Crippen LogP contribution is 2.49. The van der Waals surface area contributed by atoms with Gasteiger partial charge in [-0.2, -0.15) is 23.7 Å². The van der Waals surface area contributed by atoms with Gasteiger partial charge in [-0.25, -0.2) is 0 Å². The number of halogens is 3. The van der Waals surface area contributed by atoms with Crippen LogP contribution in [-0.4, -0.2) is 9.13 Å². The third-order valence-electron chi connectivity index (χ3n) is 11.7. The second kappa shape index (κ2) is 12.5. The van der Waals surface area contributed by atoms with Crippen LogP contribution in [0.1, 0.15) is 16.7 Å². The zero-order valence-corrected chi connectivity index (χ0v) is 32.8. The fourth-order valence-corrected chi connectivity index (χ4v) is 11.6. The Hall–Kier alpha value is -7.43. The van der Waals surface area contributed by atoms with E-state index in [-0.39, 0.29) is 11.1 Å². The Bertz CT molecular complexity index is 3710. The normalized spacial score (nSPS) is 12.2. The van der Waals surface area contributed by atoms with E-state index in [0.29, 0.717) is 22.5 Å². The topological polar surface area (TPSA) is 57.4 Å². The molecule has 0 aliphatic rings. The molecule has 4 aromatic heterocycles. The van der Waals surface area contributed by atoms with Crippen LogP contribution in [-0.2, 0) is 6.18 Å². The van der Waals surface area contributed by atoms with Crippen molar-refractivity contribution in [3.8, 4) is 34.6 Å². The van der Waals surface area contributed by atoms with Crippen molar-refractivity contribution >= 4 is 107 Å². The maximum absolute atomic E-state index is 14.9. The van der Waals surface area contributed by atoms with Gasteiger partial charge in [-0.3, -0.25) is 0 Å². The SMILES string of the molecule is N#Cc1cc(-c2c(-n3c4ccccc4c4ccc5sc6ccccc6c5c43)cc(C#N)cc2-n2c3ccccc3c3ccc4sc5ccccc5c4c32)cc(C(F)(F)F)c1. The Kier molecular flexibility index (Phi) is 7.23. The van der Waals surface area contributed by atoms with E-state index in [2.05, 4.69) is 75.9 Å². The van der Waals surface area contributed by atoms with Gasteiger partial charge in [0.15, 0.2) is 0 Å². The van der Waals surface area contributed by atoms with Crippen LogP contribution in [0.2, 0.25) is 0 Å². The Labute approximate surface area is 347 Å². The molecule has 0 bridgehead atoms. The lowest BCUT2D eigenvalue weighted by molar-refractivity contribution is -0.137. The molecule has 8 aromatic carbocycles. The molecule has 282 valence electrons. The molecule has 9 heteroatoms. The highest BCUT2D eigenvalue weighted by Gasteiger charge is 2.33. The van der Waals surface area contributed by atoms with Gasteiger partial charge < -0.3 is 9.13 Å². The lowest BCUT2D eigenvalue weighted by Crippen LogP contribution is -2.08. The van der Waals surface area contributed by atoms with Crippen LogP contribution in [0.5, 0.6) is 0 Å². The second-order valence-electron chi connectivity index (χ2n) is 15.0. The summed E-state index contributed by atoms with van der Waals surface area (Å²) in [7, 11) is 0. The first-order chi connectivity index (χ1) is 29.3. The zero-order chi connectivity index (χ0) is 40.4. The average molecular weight is 815 g/mol. The number of para-hydroxylation sites is 2. The highest BCUT2D eigenvalue weighted by atomic mass is 32.1. The van der Waals surface area contributed by atoms with Crippen LogP contribution in [0, 0.1) is 22.7 Å². The predicted molar refractivity (Wildman–Crippen MR) is 241 cm³/mol. The summed E-state index contributed by atoms with van der Waals surface area (Å²) in [6.07, 6.45) is -4.74. The molecule has 0 atom stereocenters. The number of hydrogen-bond acceptors (Lipinski definition) is 4. The lowest BCUT2D eigenvalue weighted by atomic mass is 9.94. The van der Waals surface area contributed by atoms with Crippen molar-refractivity contribution in [2.24, 2.45) is 0 Å². The number of nitriles is 2. The van der Waals surface area contributed by atoms with E-state index in [1.807, 2.05) is 66.7 Å². The van der Waals surface area contributed by atoms with E-state index in [0.717, 1.165) is 96.1 Å². The van der Waals surface area contributed by atoms with Crippen LogP contribution in [0.15, 0.2) is 152 Å². The van der Waals surface area contributed by atoms with Crippen molar-refractivity contribution in [3.05, 3.63) is 168 Å². The summed E-state index contributed by atoms with van der Waals surface area (Å²) in [5.74, 6) is 0. The summed E-state index contributed by atoms with van der Waals surface area (Å²) in [6.45, 7) is 0. The monoisotopic (exact) mass is 814 g/mol. The number of aromatic nitrogens is 2. The summed E-state index contributed by atoms with van der Waals surface area (Å²) < 4.78 is 53.3. The molecule has 0 amide bonds. The van der Waals surface area contributed by atoms with Gasteiger partial charge in [0, 0.05) is 67.5 Å². The van der Waals surface area contributed by atoms with Gasteiger partial charge in [0.1, 0.15) is 0 Å². The first kappa shape index (κ1) is 34.6. The van der Waals surface area contributed by atoms with E-state index < -0.39 is 11.7 Å². The van der Waals surface area contributed by atoms with Crippen LogP contribution in [0.25, 0.3) is 106 Å². The fourth-order valence-electron chi connectivity index (χ4n) is 9.36. The Morgan fingerprint density at radius 3 is 1.38 bits per heavy atom. The summed E-state index contributed by atoms with van der Waals surface area (Å²) in [5.41, 5.74) is 4.41. The Balaban J connectivity index is 1.35. The summed E-state index contributed by atoms with van der Waals surface area (Å²) in [5, 5.41) is 29.2. The van der Waals surface area contributed by atoms with Crippen LogP contribution >= 0.6 is 22.7 Å². The first-order valence-corrected chi connectivity index (χ1v) is 20.8. The molecule has 4 heterocycles. The predicted octanol–water partition coefficient (Wildman–Crippen LogP) is 15.0. The largest absolute Gasteiger partial charge is 0.416 e. The molecule has 0 aliphatic heterocycles. The number of nitrogens with zero attached hydrogens (tertiary/aromatic N) is 4. The number of fused-ring (bicyclic) bond motifs is 14. The molecule has 0 fully saturated rings. The molecule has 60 heavy (non-hydrogen) atoms. The molecular weight excluding hydrogens is 790 g/mol. The Morgan fingerprint density at radius 1 is 0.450 bits per heavy atom. The van der Waals surface area contributed by atoms with Crippen LogP contribution in [0.3, 0.4) is 0 Å². The third-order valence-corrected chi connectivity index (χ3v) is 14.0. The van der Waals surface area contributed by atoms with E-state index in [9.17, 15) is 23.7 Å². The summed E-state index contributed by atoms with van der Waals surface area (Å²) in [6, 6.07) is 52.6. The maximum atomic E-state index is 14.9. The van der Waals surface area contributed by atoms with Crippen LogP contribution < -0.4 is 0 Å². The number of alkyl halides is 3.